The quantitative estimate of drug-likeness (QED) is 0.533. The van der Waals surface area contributed by atoms with E-state index in [1.165, 1.54) is 69.1 Å². The van der Waals surface area contributed by atoms with Gasteiger partial charge in [0.05, 0.1) is 4.88 Å². The van der Waals surface area contributed by atoms with E-state index in [1.807, 2.05) is 0 Å². The summed E-state index contributed by atoms with van der Waals surface area (Å²) in [6, 6.07) is 5.47. The molecule has 0 spiro atoms. The summed E-state index contributed by atoms with van der Waals surface area (Å²) in [5.41, 5.74) is 0. The highest BCUT2D eigenvalue weighted by atomic mass is 32.1. The van der Waals surface area contributed by atoms with Gasteiger partial charge in [0.15, 0.2) is 0 Å². The molecule has 0 aliphatic heterocycles. The predicted molar refractivity (Wildman–Crippen MR) is 93.2 cm³/mol. The molecule has 4 heteroatoms. The Bertz CT molecular complexity index is 462. The topological polar surface area (TPSA) is 52.9 Å². The van der Waals surface area contributed by atoms with Crippen LogP contribution >= 0.6 is 11.3 Å². The minimum Gasteiger partial charge on any atom is -0.351 e. The number of hydrogen-bond donors (Lipinski definition) is 1. The van der Waals surface area contributed by atoms with E-state index in [0.29, 0.717) is 9.75 Å². The first-order valence-electron chi connectivity index (χ1n) is 8.56. The molecule has 3 nitrogen and oxygen atoms in total. The summed E-state index contributed by atoms with van der Waals surface area (Å²) in [7, 11) is 0. The maximum atomic E-state index is 11.8. The first-order chi connectivity index (χ1) is 10.8. The van der Waals surface area contributed by atoms with Crippen molar-refractivity contribution in [2.75, 3.05) is 6.54 Å². The lowest BCUT2D eigenvalue weighted by Crippen LogP contribution is -2.23. The van der Waals surface area contributed by atoms with Gasteiger partial charge in [-0.1, -0.05) is 64.7 Å². The summed E-state index contributed by atoms with van der Waals surface area (Å²) in [5, 5.41) is 11.7. The maximum absolute atomic E-state index is 11.8. The number of thiophene rings is 1. The minimum atomic E-state index is -0.0533. The van der Waals surface area contributed by atoms with Crippen LogP contribution in [-0.4, -0.2) is 12.5 Å². The van der Waals surface area contributed by atoms with Crippen molar-refractivity contribution in [3.63, 3.8) is 0 Å². The van der Waals surface area contributed by atoms with Gasteiger partial charge in [0.1, 0.15) is 10.9 Å². The number of unbranched alkanes of at least 4 members (excludes halogenated alkanes) is 9. The lowest BCUT2D eigenvalue weighted by atomic mass is 10.1. The number of amides is 1. The van der Waals surface area contributed by atoms with Crippen LogP contribution in [0.4, 0.5) is 0 Å². The van der Waals surface area contributed by atoms with Crippen LogP contribution < -0.4 is 5.32 Å². The molecular weight excluding hydrogens is 292 g/mol. The maximum Gasteiger partial charge on any atom is 0.261 e. The average Bonchev–Trinajstić information content (AvgIpc) is 3.01. The third-order valence-corrected chi connectivity index (χ3v) is 4.74. The van der Waals surface area contributed by atoms with E-state index in [-0.39, 0.29) is 5.91 Å². The smallest absolute Gasteiger partial charge is 0.261 e. The monoisotopic (exact) mass is 320 g/mol. The van der Waals surface area contributed by atoms with Crippen molar-refractivity contribution < 1.29 is 4.79 Å². The Morgan fingerprint density at radius 1 is 1.05 bits per heavy atom. The van der Waals surface area contributed by atoms with Gasteiger partial charge in [-0.3, -0.25) is 4.79 Å². The van der Waals surface area contributed by atoms with E-state index < -0.39 is 0 Å². The molecule has 1 heterocycles. The SMILES string of the molecule is CCCCCCCCCCCCNC(=O)c1ccc(C#N)s1. The number of hydrogen-bond acceptors (Lipinski definition) is 3. The third-order valence-electron chi connectivity index (χ3n) is 3.76. The lowest BCUT2D eigenvalue weighted by Gasteiger charge is -2.04. The van der Waals surface area contributed by atoms with Gasteiger partial charge in [0, 0.05) is 6.54 Å². The minimum absolute atomic E-state index is 0.0533. The van der Waals surface area contributed by atoms with Crippen LogP contribution in [0.2, 0.25) is 0 Å². The molecule has 0 aromatic carbocycles. The van der Waals surface area contributed by atoms with Gasteiger partial charge in [-0.25, -0.2) is 0 Å². The van der Waals surface area contributed by atoms with E-state index in [1.54, 1.807) is 12.1 Å². The van der Waals surface area contributed by atoms with Crippen LogP contribution in [0.15, 0.2) is 12.1 Å². The highest BCUT2D eigenvalue weighted by Crippen LogP contribution is 2.15. The Hall–Kier alpha value is -1.34. The highest BCUT2D eigenvalue weighted by Gasteiger charge is 2.07. The van der Waals surface area contributed by atoms with Crippen LogP contribution in [0, 0.1) is 11.3 Å². The van der Waals surface area contributed by atoms with E-state index in [4.69, 9.17) is 5.26 Å². The lowest BCUT2D eigenvalue weighted by molar-refractivity contribution is 0.0957. The van der Waals surface area contributed by atoms with Gasteiger partial charge in [0.25, 0.3) is 5.91 Å². The highest BCUT2D eigenvalue weighted by molar-refractivity contribution is 7.14. The van der Waals surface area contributed by atoms with Crippen molar-refractivity contribution in [3.05, 3.63) is 21.9 Å². The molecule has 0 aliphatic rings. The summed E-state index contributed by atoms with van der Waals surface area (Å²) >= 11 is 1.25. The summed E-state index contributed by atoms with van der Waals surface area (Å²) in [5.74, 6) is -0.0533. The first kappa shape index (κ1) is 18.7. The van der Waals surface area contributed by atoms with Crippen LogP contribution in [0.25, 0.3) is 0 Å². The van der Waals surface area contributed by atoms with E-state index in [9.17, 15) is 4.79 Å². The normalized spacial score (nSPS) is 10.4. The first-order valence-corrected chi connectivity index (χ1v) is 9.37. The summed E-state index contributed by atoms with van der Waals surface area (Å²) in [4.78, 5) is 13.0. The average molecular weight is 321 g/mol. The predicted octanol–water partition coefficient (Wildman–Crippen LogP) is 5.27. The molecule has 0 aliphatic carbocycles. The zero-order valence-corrected chi connectivity index (χ0v) is 14.5. The van der Waals surface area contributed by atoms with Gasteiger partial charge in [-0.05, 0) is 18.6 Å². The van der Waals surface area contributed by atoms with Crippen molar-refractivity contribution in [1.82, 2.24) is 5.32 Å². The molecule has 0 atom stereocenters. The fraction of sp³-hybridized carbons (Fsp3) is 0.667. The molecule has 122 valence electrons. The number of rotatable bonds is 12. The summed E-state index contributed by atoms with van der Waals surface area (Å²) < 4.78 is 0. The molecule has 0 saturated carbocycles. The Balaban J connectivity index is 1.93. The number of carbonyl (C=O) groups is 1. The molecular formula is C18H28N2OS. The van der Waals surface area contributed by atoms with E-state index >= 15 is 0 Å². The standard InChI is InChI=1S/C18H28N2OS/c1-2-3-4-5-6-7-8-9-10-11-14-20-18(21)17-13-12-16(15-19)22-17/h12-13H,2-11,14H2,1H3,(H,20,21). The fourth-order valence-electron chi connectivity index (χ4n) is 2.42. The second-order valence-electron chi connectivity index (χ2n) is 5.71. The molecule has 1 rings (SSSR count). The molecule has 22 heavy (non-hydrogen) atoms. The van der Waals surface area contributed by atoms with Crippen LogP contribution in [0.1, 0.15) is 85.7 Å². The number of nitriles is 1. The van der Waals surface area contributed by atoms with Crippen molar-refractivity contribution in [2.45, 2.75) is 71.1 Å². The van der Waals surface area contributed by atoms with E-state index in [0.717, 1.165) is 13.0 Å². The Labute approximate surface area is 138 Å². The zero-order chi connectivity index (χ0) is 16.0. The van der Waals surface area contributed by atoms with E-state index in [2.05, 4.69) is 18.3 Å². The largest absolute Gasteiger partial charge is 0.351 e. The molecule has 0 saturated heterocycles. The van der Waals surface area contributed by atoms with Crippen LogP contribution in [-0.2, 0) is 0 Å². The van der Waals surface area contributed by atoms with Gasteiger partial charge in [0.2, 0.25) is 0 Å². The Morgan fingerprint density at radius 2 is 1.64 bits per heavy atom. The van der Waals surface area contributed by atoms with Gasteiger partial charge >= 0.3 is 0 Å². The summed E-state index contributed by atoms with van der Waals surface area (Å²) in [6.07, 6.45) is 13.0. The second-order valence-corrected chi connectivity index (χ2v) is 6.80. The van der Waals surface area contributed by atoms with Crippen molar-refractivity contribution in [3.8, 4) is 6.07 Å². The third kappa shape index (κ3) is 8.19. The van der Waals surface area contributed by atoms with Gasteiger partial charge < -0.3 is 5.32 Å². The number of carbonyl (C=O) groups excluding carboxylic acids is 1. The number of nitrogens with one attached hydrogen (secondary N) is 1. The van der Waals surface area contributed by atoms with Crippen LogP contribution in [0.3, 0.4) is 0 Å². The molecule has 0 unspecified atom stereocenters. The number of nitrogens with zero attached hydrogens (tertiary/aromatic N) is 1. The van der Waals surface area contributed by atoms with Crippen LogP contribution in [0.5, 0.6) is 0 Å². The summed E-state index contributed by atoms with van der Waals surface area (Å²) in [6.45, 7) is 2.98. The molecule has 1 N–H and O–H groups in total. The Morgan fingerprint density at radius 3 is 2.18 bits per heavy atom. The molecule has 1 aromatic heterocycles. The molecule has 1 aromatic rings. The van der Waals surface area contributed by atoms with Gasteiger partial charge in [-0.2, -0.15) is 5.26 Å². The zero-order valence-electron chi connectivity index (χ0n) is 13.7. The molecule has 0 radical (unpaired) electrons. The molecule has 1 amide bonds. The van der Waals surface area contributed by atoms with Crippen molar-refractivity contribution >= 4 is 17.2 Å². The van der Waals surface area contributed by atoms with Gasteiger partial charge in [-0.15, -0.1) is 11.3 Å². The molecule has 0 bridgehead atoms. The van der Waals surface area contributed by atoms with Crippen molar-refractivity contribution in [2.24, 2.45) is 0 Å². The fourth-order valence-corrected chi connectivity index (χ4v) is 3.14. The Kier molecular flexibility index (Phi) is 10.4. The molecule has 0 fully saturated rings. The second kappa shape index (κ2) is 12.2. The van der Waals surface area contributed by atoms with Crippen molar-refractivity contribution in [1.29, 1.82) is 5.26 Å².